The number of amides is 5. The lowest BCUT2D eigenvalue weighted by Gasteiger charge is -2.35. The van der Waals surface area contributed by atoms with Crippen LogP contribution in [0.2, 0.25) is 0 Å². The average molecular weight is 573 g/mol. The van der Waals surface area contributed by atoms with Crippen molar-refractivity contribution in [3.63, 3.8) is 0 Å². The van der Waals surface area contributed by atoms with Gasteiger partial charge in [0.1, 0.15) is 24.6 Å². The maximum Gasteiger partial charge on any atom is 0.396 e. The molecule has 0 spiro atoms. The number of aryl methyl sites for hydroxylation is 1. The number of aromatic nitrogens is 3. The summed E-state index contributed by atoms with van der Waals surface area (Å²) in [6, 6.07) is 3.27. The van der Waals surface area contributed by atoms with Crippen molar-refractivity contribution in [1.29, 1.82) is 0 Å². The third-order valence-electron chi connectivity index (χ3n) is 7.18. The number of fused-ring (bicyclic) bond motifs is 1. The predicted octanol–water partition coefficient (Wildman–Crippen LogP) is 2.37. The van der Waals surface area contributed by atoms with E-state index in [9.17, 15) is 36.3 Å². The van der Waals surface area contributed by atoms with Crippen molar-refractivity contribution in [1.82, 2.24) is 35.3 Å². The molecule has 3 aliphatic rings. The summed E-state index contributed by atoms with van der Waals surface area (Å²) in [5, 5.41) is 9.68. The number of nitrogens with one attached hydrogen (secondary N) is 2. The number of urea groups is 2. The topological polar surface area (TPSA) is 138 Å². The van der Waals surface area contributed by atoms with Crippen LogP contribution in [0.3, 0.4) is 0 Å². The maximum absolute atomic E-state index is 14.0. The molecular weight excluding hydrogens is 543 g/mol. The van der Waals surface area contributed by atoms with E-state index >= 15 is 0 Å². The fourth-order valence-corrected chi connectivity index (χ4v) is 5.21. The molecule has 1 unspecified atom stereocenters. The molecule has 2 aromatic rings. The van der Waals surface area contributed by atoms with Gasteiger partial charge in [0, 0.05) is 38.0 Å². The first-order valence-corrected chi connectivity index (χ1v) is 12.7. The number of nitrogens with two attached hydrogens (primary N) is 1. The molecule has 0 bridgehead atoms. The van der Waals surface area contributed by atoms with Crippen molar-refractivity contribution in [2.75, 3.05) is 19.6 Å². The smallest absolute Gasteiger partial charge is 0.324 e. The van der Waals surface area contributed by atoms with Gasteiger partial charge in [0.05, 0.1) is 0 Å². The van der Waals surface area contributed by atoms with Crippen LogP contribution in [-0.2, 0) is 24.2 Å². The number of piperidine rings is 1. The second-order valence-electron chi connectivity index (χ2n) is 9.82. The van der Waals surface area contributed by atoms with Gasteiger partial charge in [-0.3, -0.25) is 15.5 Å². The molecule has 3 aliphatic heterocycles. The lowest BCUT2D eigenvalue weighted by molar-refractivity contribution is -0.129. The minimum absolute atomic E-state index is 0.0169. The van der Waals surface area contributed by atoms with Crippen LogP contribution >= 0.6 is 0 Å². The van der Waals surface area contributed by atoms with E-state index in [2.05, 4.69) is 20.9 Å². The van der Waals surface area contributed by atoms with E-state index in [1.54, 1.807) is 4.90 Å². The minimum atomic E-state index is -4.39. The fourth-order valence-electron chi connectivity index (χ4n) is 5.21. The summed E-state index contributed by atoms with van der Waals surface area (Å²) in [5.41, 5.74) is 2.26. The van der Waals surface area contributed by atoms with Gasteiger partial charge in [-0.1, -0.05) is 12.1 Å². The van der Waals surface area contributed by atoms with Gasteiger partial charge in [-0.25, -0.2) is 24.2 Å². The summed E-state index contributed by atoms with van der Waals surface area (Å²) in [6.07, 6.45) is -2.60. The van der Waals surface area contributed by atoms with E-state index in [4.69, 9.17) is 5.84 Å². The third kappa shape index (κ3) is 6.84. The molecule has 218 valence electrons. The van der Waals surface area contributed by atoms with Gasteiger partial charge < -0.3 is 14.4 Å². The number of carbonyl (C=O) groups excluding carboxylic acids is 3. The Morgan fingerprint density at radius 1 is 1.12 bits per heavy atom. The molecular formula is C24H29F5N8O3. The van der Waals surface area contributed by atoms with Crippen molar-refractivity contribution in [3.8, 4) is 0 Å². The third-order valence-corrected chi connectivity index (χ3v) is 7.18. The summed E-state index contributed by atoms with van der Waals surface area (Å²) in [5.74, 6) is 2.75. The summed E-state index contributed by atoms with van der Waals surface area (Å²) >= 11 is 0. The summed E-state index contributed by atoms with van der Waals surface area (Å²) < 4.78 is 66.7. The van der Waals surface area contributed by atoms with Crippen LogP contribution in [0.25, 0.3) is 0 Å². The van der Waals surface area contributed by atoms with Crippen LogP contribution in [0.4, 0.5) is 31.5 Å². The first kappa shape index (κ1) is 29.2. The van der Waals surface area contributed by atoms with Gasteiger partial charge in [-0.2, -0.15) is 13.2 Å². The van der Waals surface area contributed by atoms with E-state index in [0.717, 1.165) is 6.07 Å². The van der Waals surface area contributed by atoms with E-state index in [1.807, 2.05) is 0 Å². The number of halogens is 5. The molecule has 0 saturated carbocycles. The molecule has 2 saturated heterocycles. The van der Waals surface area contributed by atoms with Crippen molar-refractivity contribution in [3.05, 3.63) is 47.0 Å². The number of alkyl halides is 3. The molecule has 4 N–H and O–H groups in total. The first-order chi connectivity index (χ1) is 19.0. The quantitative estimate of drug-likeness (QED) is 0.170. The van der Waals surface area contributed by atoms with E-state index < -0.39 is 30.1 Å². The molecule has 1 aromatic heterocycles. The number of likely N-dealkylation sites (tertiary alicyclic amines) is 1. The van der Waals surface area contributed by atoms with Crippen LogP contribution in [0.5, 0.6) is 0 Å². The Hall–Kier alpha value is -3.82. The van der Waals surface area contributed by atoms with Crippen LogP contribution in [-0.4, -0.2) is 74.4 Å². The molecule has 4 heterocycles. The second kappa shape index (κ2) is 12.1. The van der Waals surface area contributed by atoms with Crippen molar-refractivity contribution in [2.45, 2.75) is 63.2 Å². The number of rotatable bonds is 3. The molecule has 0 radical (unpaired) electrons. The molecule has 11 nitrogen and oxygen atoms in total. The SMILES string of the molecule is Fc1cccc(C2CCCc3nnc(CC(F)(F)F)n3C2)c1F.NNC(=O)N1CCC(N2CC(=O)NC2=O)CC1. The van der Waals surface area contributed by atoms with Gasteiger partial charge in [-0.15, -0.1) is 10.2 Å². The Morgan fingerprint density at radius 2 is 1.85 bits per heavy atom. The van der Waals surface area contributed by atoms with Gasteiger partial charge in [0.25, 0.3) is 0 Å². The molecule has 1 atom stereocenters. The fraction of sp³-hybridized carbons (Fsp3) is 0.542. The predicted molar refractivity (Wildman–Crippen MR) is 129 cm³/mol. The minimum Gasteiger partial charge on any atom is -0.324 e. The zero-order valence-electron chi connectivity index (χ0n) is 21.4. The molecule has 5 rings (SSSR count). The van der Waals surface area contributed by atoms with E-state index in [-0.39, 0.29) is 48.5 Å². The highest BCUT2D eigenvalue weighted by Gasteiger charge is 2.35. The Morgan fingerprint density at radius 3 is 2.48 bits per heavy atom. The number of hydrogen-bond acceptors (Lipinski definition) is 6. The molecule has 40 heavy (non-hydrogen) atoms. The zero-order valence-corrected chi connectivity index (χ0v) is 21.4. The summed E-state index contributed by atoms with van der Waals surface area (Å²) in [7, 11) is 0. The first-order valence-electron chi connectivity index (χ1n) is 12.7. The van der Waals surface area contributed by atoms with Gasteiger partial charge in [0.2, 0.25) is 5.91 Å². The molecule has 16 heteroatoms. The highest BCUT2D eigenvalue weighted by molar-refractivity contribution is 6.02. The Kier molecular flexibility index (Phi) is 8.85. The Balaban J connectivity index is 0.000000194. The van der Waals surface area contributed by atoms with Crippen LogP contribution in [0.1, 0.15) is 48.8 Å². The van der Waals surface area contributed by atoms with Crippen LogP contribution in [0, 0.1) is 11.6 Å². The second-order valence-corrected chi connectivity index (χ2v) is 9.82. The number of hydrogen-bond donors (Lipinski definition) is 3. The monoisotopic (exact) mass is 572 g/mol. The Bertz CT molecular complexity index is 1250. The lowest BCUT2D eigenvalue weighted by atomic mass is 9.93. The zero-order chi connectivity index (χ0) is 29.0. The largest absolute Gasteiger partial charge is 0.396 e. The van der Waals surface area contributed by atoms with Gasteiger partial charge >= 0.3 is 18.2 Å². The maximum atomic E-state index is 14.0. The van der Waals surface area contributed by atoms with Crippen molar-refractivity contribution in [2.24, 2.45) is 5.84 Å². The van der Waals surface area contributed by atoms with Crippen molar-refractivity contribution < 1.29 is 36.3 Å². The van der Waals surface area contributed by atoms with Crippen LogP contribution < -0.4 is 16.6 Å². The number of imide groups is 1. The van der Waals surface area contributed by atoms with Gasteiger partial charge in [-0.05, 0) is 37.3 Å². The highest BCUT2D eigenvalue weighted by atomic mass is 19.4. The van der Waals surface area contributed by atoms with Gasteiger partial charge in [0.15, 0.2) is 11.6 Å². The molecule has 2 fully saturated rings. The average Bonchev–Trinajstić information content (AvgIpc) is 3.36. The molecule has 0 aliphatic carbocycles. The molecule has 1 aromatic carbocycles. The highest BCUT2D eigenvalue weighted by Crippen LogP contribution is 2.32. The standard InChI is InChI=1S/C15H14F5N3.C9H15N5O3/c16-11-5-2-4-10(14(11)17)9-3-1-6-12-21-22-13(23(12)8-9)7-15(18,19)20;10-12-9(17)13-3-1-6(2-4-13)14-5-7(15)11-8(14)16/h2,4-5,9H,1,3,6-8H2;6H,1-5,10H2,(H,12,17)(H,11,15,16). The van der Waals surface area contributed by atoms with Crippen LogP contribution in [0.15, 0.2) is 18.2 Å². The number of carbonyl (C=O) groups is 3. The number of hydrazine groups is 1. The van der Waals surface area contributed by atoms with Crippen molar-refractivity contribution >= 4 is 18.0 Å². The number of benzene rings is 1. The summed E-state index contributed by atoms with van der Waals surface area (Å²) in [6.45, 7) is 1.30. The summed E-state index contributed by atoms with van der Waals surface area (Å²) in [4.78, 5) is 36.9. The van der Waals surface area contributed by atoms with E-state index in [1.165, 1.54) is 21.6 Å². The normalized spacial score (nSPS) is 19.9. The Labute approximate surface area is 225 Å². The van der Waals surface area contributed by atoms with E-state index in [0.29, 0.717) is 51.0 Å². The lowest BCUT2D eigenvalue weighted by Crippen LogP contribution is -2.51. The number of nitrogens with zero attached hydrogens (tertiary/aromatic N) is 5. The molecule has 5 amide bonds.